The van der Waals surface area contributed by atoms with Crippen molar-refractivity contribution in [2.45, 2.75) is 26.7 Å². The van der Waals surface area contributed by atoms with Crippen LogP contribution in [0.4, 0.5) is 16.0 Å². The van der Waals surface area contributed by atoms with E-state index in [1.54, 1.807) is 6.07 Å². The number of aromatic amines is 1. The maximum atomic E-state index is 13.6. The summed E-state index contributed by atoms with van der Waals surface area (Å²) in [5, 5.41) is 8.48. The summed E-state index contributed by atoms with van der Waals surface area (Å²) in [5.41, 5.74) is 4.17. The van der Waals surface area contributed by atoms with Crippen molar-refractivity contribution in [2.75, 3.05) is 24.2 Å². The van der Waals surface area contributed by atoms with Crippen molar-refractivity contribution in [1.29, 1.82) is 0 Å². The number of nitrogens with zero attached hydrogens (tertiary/aromatic N) is 2. The summed E-state index contributed by atoms with van der Waals surface area (Å²) in [4.78, 5) is 33.9. The Bertz CT molecular complexity index is 2020. The van der Waals surface area contributed by atoms with Crippen molar-refractivity contribution < 1.29 is 13.8 Å². The van der Waals surface area contributed by atoms with Crippen LogP contribution < -0.4 is 21.5 Å². The highest BCUT2D eigenvalue weighted by atomic mass is 31.2. The molecule has 5 aromatic rings. The van der Waals surface area contributed by atoms with Gasteiger partial charge in [0.2, 0.25) is 11.9 Å². The standard InChI is InChI=1S/C34H35FN5O3P/c1-21-20-24(35)11-13-27(21)38-34-39-29-14-12-26-22(2)28(37-33(42)30(26)31(29)40(34)3)10-7-17-36-32(41)23-15-18-44(43,19-16-23)25-8-5-4-6-9-25/h4-14,20,23H,15-19H2,1-3H3,(H,36,41)(H,37,42)(H,38,39)/b10-7+/t23-,44-. The SMILES string of the molecule is Cc1cc(F)ccc1Nc1nc2ccc3c(C)c(/C=C/CNC(=O)[C@H]4CC[P@@](=O)(c5ccccc5)CC4)[nH]c(=O)c3c2n1C. The van der Waals surface area contributed by atoms with Gasteiger partial charge in [-0.2, -0.15) is 0 Å². The highest BCUT2D eigenvalue weighted by Gasteiger charge is 2.34. The number of rotatable bonds is 7. The van der Waals surface area contributed by atoms with E-state index in [4.69, 9.17) is 0 Å². The number of fused-ring (bicyclic) bond motifs is 3. The number of anilines is 2. The van der Waals surface area contributed by atoms with Crippen LogP contribution in [-0.4, -0.2) is 39.3 Å². The molecule has 6 rings (SSSR count). The molecule has 0 radical (unpaired) electrons. The summed E-state index contributed by atoms with van der Waals surface area (Å²) >= 11 is 0. The first kappa shape index (κ1) is 29.6. The molecular weight excluding hydrogens is 576 g/mol. The predicted molar refractivity (Wildman–Crippen MR) is 176 cm³/mol. The largest absolute Gasteiger partial charge is 0.352 e. The molecule has 0 unspecified atom stereocenters. The van der Waals surface area contributed by atoms with E-state index in [1.165, 1.54) is 12.1 Å². The lowest BCUT2D eigenvalue weighted by Gasteiger charge is -2.28. The minimum absolute atomic E-state index is 0.0310. The first-order chi connectivity index (χ1) is 21.1. The van der Waals surface area contributed by atoms with Gasteiger partial charge in [-0.1, -0.05) is 42.5 Å². The van der Waals surface area contributed by atoms with Gasteiger partial charge >= 0.3 is 0 Å². The number of hydrogen-bond acceptors (Lipinski definition) is 5. The van der Waals surface area contributed by atoms with Crippen molar-refractivity contribution in [1.82, 2.24) is 19.9 Å². The zero-order valence-corrected chi connectivity index (χ0v) is 25.9. The summed E-state index contributed by atoms with van der Waals surface area (Å²) in [6.45, 7) is 4.09. The van der Waals surface area contributed by atoms with Crippen LogP contribution in [0.2, 0.25) is 0 Å². The van der Waals surface area contributed by atoms with Crippen LogP contribution in [0, 0.1) is 25.6 Å². The lowest BCUT2D eigenvalue weighted by molar-refractivity contribution is -0.125. The van der Waals surface area contributed by atoms with Gasteiger partial charge in [0.25, 0.3) is 5.56 Å². The average molecular weight is 612 g/mol. The van der Waals surface area contributed by atoms with Crippen molar-refractivity contribution in [3.63, 3.8) is 0 Å². The third-order valence-electron chi connectivity index (χ3n) is 8.71. The lowest BCUT2D eigenvalue weighted by atomic mass is 10.0. The Kier molecular flexibility index (Phi) is 7.99. The normalized spacial score (nSPS) is 18.7. The van der Waals surface area contributed by atoms with Gasteiger partial charge in [-0.15, -0.1) is 0 Å². The number of carbonyl (C=O) groups excluding carboxylic acids is 1. The molecule has 1 amide bonds. The van der Waals surface area contributed by atoms with E-state index in [0.29, 0.717) is 59.8 Å². The lowest BCUT2D eigenvalue weighted by Crippen LogP contribution is -2.34. The second-order valence-corrected chi connectivity index (χ2v) is 14.7. The number of benzene rings is 3. The van der Waals surface area contributed by atoms with Crippen LogP contribution in [0.25, 0.3) is 27.9 Å². The van der Waals surface area contributed by atoms with E-state index in [-0.39, 0.29) is 23.2 Å². The number of amides is 1. The molecule has 1 aliphatic rings. The highest BCUT2D eigenvalue weighted by molar-refractivity contribution is 7.71. The Balaban J connectivity index is 1.15. The molecule has 1 saturated heterocycles. The first-order valence-electron chi connectivity index (χ1n) is 14.8. The van der Waals surface area contributed by atoms with E-state index in [0.717, 1.165) is 27.5 Å². The summed E-state index contributed by atoms with van der Waals surface area (Å²) in [6, 6.07) is 17.9. The first-order valence-corrected chi connectivity index (χ1v) is 16.9. The van der Waals surface area contributed by atoms with E-state index in [2.05, 4.69) is 20.6 Å². The van der Waals surface area contributed by atoms with Gasteiger partial charge in [0, 0.05) is 48.5 Å². The quantitative estimate of drug-likeness (QED) is 0.192. The van der Waals surface area contributed by atoms with E-state index >= 15 is 0 Å². The van der Waals surface area contributed by atoms with Crippen LogP contribution in [0.5, 0.6) is 0 Å². The number of carbonyl (C=O) groups is 1. The average Bonchev–Trinajstić information content (AvgIpc) is 3.34. The van der Waals surface area contributed by atoms with Gasteiger partial charge < -0.3 is 24.7 Å². The number of H-pyrrole nitrogens is 1. The Labute approximate surface area is 254 Å². The number of aromatic nitrogens is 3. The van der Waals surface area contributed by atoms with E-state index in [1.807, 2.05) is 80.1 Å². The summed E-state index contributed by atoms with van der Waals surface area (Å²) in [6.07, 6.45) is 5.98. The van der Waals surface area contributed by atoms with Gasteiger partial charge in [0.15, 0.2) is 0 Å². The molecule has 3 aromatic carbocycles. The Morgan fingerprint density at radius 2 is 1.86 bits per heavy atom. The predicted octanol–water partition coefficient (Wildman–Crippen LogP) is 6.14. The van der Waals surface area contributed by atoms with Gasteiger partial charge in [-0.25, -0.2) is 9.37 Å². The van der Waals surface area contributed by atoms with E-state index < -0.39 is 7.14 Å². The molecule has 0 aliphatic carbocycles. The summed E-state index contributed by atoms with van der Waals surface area (Å²) in [5.74, 6) is 0.0551. The zero-order valence-electron chi connectivity index (χ0n) is 25.0. The third kappa shape index (κ3) is 5.60. The minimum atomic E-state index is -2.43. The highest BCUT2D eigenvalue weighted by Crippen LogP contribution is 2.50. The summed E-state index contributed by atoms with van der Waals surface area (Å²) in [7, 11) is -0.590. The fourth-order valence-corrected chi connectivity index (χ4v) is 9.04. The number of imidazole rings is 1. The molecule has 0 bridgehead atoms. The third-order valence-corrected chi connectivity index (χ3v) is 11.9. The number of nitrogens with one attached hydrogen (secondary N) is 3. The van der Waals surface area contributed by atoms with Crippen LogP contribution in [-0.2, 0) is 16.4 Å². The maximum absolute atomic E-state index is 13.6. The van der Waals surface area contributed by atoms with Crippen molar-refractivity contribution >= 4 is 57.9 Å². The van der Waals surface area contributed by atoms with Gasteiger partial charge in [-0.3, -0.25) is 9.59 Å². The maximum Gasteiger partial charge on any atom is 0.258 e. The fraction of sp³-hybridized carbons (Fsp3) is 0.265. The topological polar surface area (TPSA) is 109 Å². The molecule has 3 heterocycles. The number of pyridine rings is 1. The number of aryl methyl sites for hydroxylation is 3. The molecule has 0 spiro atoms. The van der Waals surface area contributed by atoms with Gasteiger partial charge in [0.1, 0.15) is 13.0 Å². The number of hydrogen-bond donors (Lipinski definition) is 3. The molecule has 2 aromatic heterocycles. The Morgan fingerprint density at radius 3 is 2.59 bits per heavy atom. The van der Waals surface area contributed by atoms with Crippen LogP contribution >= 0.6 is 7.14 Å². The monoisotopic (exact) mass is 611 g/mol. The van der Waals surface area contributed by atoms with Crippen LogP contribution in [0.1, 0.15) is 29.7 Å². The Hall–Kier alpha value is -4.49. The molecule has 1 fully saturated rings. The molecule has 8 nitrogen and oxygen atoms in total. The van der Waals surface area contributed by atoms with Crippen LogP contribution in [0.15, 0.2) is 71.5 Å². The smallest absolute Gasteiger partial charge is 0.258 e. The fourth-order valence-electron chi connectivity index (χ4n) is 6.12. The van der Waals surface area contributed by atoms with E-state index in [9.17, 15) is 18.5 Å². The van der Waals surface area contributed by atoms with Gasteiger partial charge in [0.05, 0.1) is 16.4 Å². The van der Waals surface area contributed by atoms with Crippen molar-refractivity contribution in [3.05, 3.63) is 99.7 Å². The molecule has 44 heavy (non-hydrogen) atoms. The second-order valence-electron chi connectivity index (χ2n) is 11.5. The molecule has 0 saturated carbocycles. The number of halogens is 1. The molecule has 0 atom stereocenters. The molecular formula is C34H35FN5O3P. The zero-order chi connectivity index (χ0) is 31.0. The second kappa shape index (κ2) is 11.9. The summed E-state index contributed by atoms with van der Waals surface area (Å²) < 4.78 is 28.8. The molecule has 10 heteroatoms. The molecule has 3 N–H and O–H groups in total. The Morgan fingerprint density at radius 1 is 1.11 bits per heavy atom. The van der Waals surface area contributed by atoms with Crippen molar-refractivity contribution in [2.24, 2.45) is 13.0 Å². The molecule has 226 valence electrons. The van der Waals surface area contributed by atoms with Crippen LogP contribution in [0.3, 0.4) is 0 Å². The van der Waals surface area contributed by atoms with Crippen molar-refractivity contribution in [3.8, 4) is 0 Å². The molecule has 1 aliphatic heterocycles. The minimum Gasteiger partial charge on any atom is -0.352 e. The van der Waals surface area contributed by atoms with Gasteiger partial charge in [-0.05, 0) is 73.5 Å².